The van der Waals surface area contributed by atoms with Crippen LogP contribution in [-0.2, 0) is 4.79 Å². The van der Waals surface area contributed by atoms with Crippen LogP contribution in [0.5, 0.6) is 0 Å². The number of aryl methyl sites for hydroxylation is 1. The topological polar surface area (TPSA) is 79.3 Å². The molecule has 0 radical (unpaired) electrons. The Kier molecular flexibility index (Phi) is 6.15. The second kappa shape index (κ2) is 7.62. The lowest BCUT2D eigenvalue weighted by atomic mass is 9.94. The summed E-state index contributed by atoms with van der Waals surface area (Å²) in [7, 11) is 0. The van der Waals surface area contributed by atoms with E-state index in [1.165, 1.54) is 0 Å². The van der Waals surface area contributed by atoms with E-state index in [1.807, 2.05) is 13.8 Å². The van der Waals surface area contributed by atoms with Crippen LogP contribution in [0.3, 0.4) is 0 Å². The molecule has 5 heteroatoms. The summed E-state index contributed by atoms with van der Waals surface area (Å²) in [4.78, 5) is 26.9. The Hall–Kier alpha value is -1.91. The van der Waals surface area contributed by atoms with E-state index in [9.17, 15) is 9.59 Å². The minimum atomic E-state index is -0.831. The van der Waals surface area contributed by atoms with E-state index in [2.05, 4.69) is 10.3 Å². The van der Waals surface area contributed by atoms with E-state index in [-0.39, 0.29) is 18.2 Å². The van der Waals surface area contributed by atoms with E-state index in [4.69, 9.17) is 5.11 Å². The van der Waals surface area contributed by atoms with Gasteiger partial charge in [-0.25, -0.2) is 0 Å². The predicted molar refractivity (Wildman–Crippen MR) is 76.5 cm³/mol. The molecule has 1 atom stereocenters. The number of carboxylic acid groups (broad SMARTS) is 1. The van der Waals surface area contributed by atoms with Crippen molar-refractivity contribution in [1.82, 2.24) is 10.3 Å². The van der Waals surface area contributed by atoms with E-state index in [0.717, 1.165) is 6.42 Å². The number of aromatic nitrogens is 1. The van der Waals surface area contributed by atoms with Crippen molar-refractivity contribution >= 4 is 11.9 Å². The number of nitrogens with zero attached hydrogens (tertiary/aromatic N) is 1. The van der Waals surface area contributed by atoms with Gasteiger partial charge in [0.25, 0.3) is 5.91 Å². The van der Waals surface area contributed by atoms with Crippen LogP contribution in [0.25, 0.3) is 0 Å². The summed E-state index contributed by atoms with van der Waals surface area (Å²) in [5.74, 6) is -0.679. The average molecular weight is 278 g/mol. The second-order valence-electron chi connectivity index (χ2n) is 5.44. The van der Waals surface area contributed by atoms with Gasteiger partial charge >= 0.3 is 5.97 Å². The molecule has 0 aromatic carbocycles. The number of amides is 1. The summed E-state index contributed by atoms with van der Waals surface area (Å²) in [6.45, 7) is 6.24. The predicted octanol–water partition coefficient (Wildman–Crippen LogP) is 2.26. The smallest absolute Gasteiger partial charge is 0.303 e. The first-order valence-corrected chi connectivity index (χ1v) is 6.81. The highest BCUT2D eigenvalue weighted by Gasteiger charge is 2.17. The molecule has 2 N–H and O–H groups in total. The number of hydrogen-bond acceptors (Lipinski definition) is 3. The molecule has 1 heterocycles. The summed E-state index contributed by atoms with van der Waals surface area (Å²) in [6.07, 6.45) is 2.49. The standard InChI is InChI=1S/C15H22N2O3/c1-10(2)7-12(8-14(18)19)9-17-15(20)13-5-4-6-16-11(13)3/h4-6,10,12H,7-9H2,1-3H3,(H,17,20)(H,18,19)/t12-/m0/s1. The molecule has 0 aliphatic carbocycles. The van der Waals surface area contributed by atoms with Crippen molar-refractivity contribution in [2.45, 2.75) is 33.6 Å². The summed E-state index contributed by atoms with van der Waals surface area (Å²) in [5, 5.41) is 11.7. The van der Waals surface area contributed by atoms with Gasteiger partial charge in [0.05, 0.1) is 5.56 Å². The fourth-order valence-corrected chi connectivity index (χ4v) is 2.21. The zero-order valence-corrected chi connectivity index (χ0v) is 12.2. The van der Waals surface area contributed by atoms with Gasteiger partial charge in [-0.1, -0.05) is 13.8 Å². The Morgan fingerprint density at radius 3 is 2.65 bits per heavy atom. The minimum absolute atomic E-state index is 0.0478. The van der Waals surface area contributed by atoms with Crippen molar-refractivity contribution < 1.29 is 14.7 Å². The van der Waals surface area contributed by atoms with Crippen LogP contribution in [0.4, 0.5) is 0 Å². The molecular formula is C15H22N2O3. The molecular weight excluding hydrogens is 256 g/mol. The first kappa shape index (κ1) is 16.1. The largest absolute Gasteiger partial charge is 0.481 e. The highest BCUT2D eigenvalue weighted by atomic mass is 16.4. The molecule has 0 aliphatic rings. The van der Waals surface area contributed by atoms with Crippen molar-refractivity contribution in [3.05, 3.63) is 29.6 Å². The number of carbonyl (C=O) groups excluding carboxylic acids is 1. The summed E-state index contributed by atoms with van der Waals surface area (Å²) >= 11 is 0. The zero-order chi connectivity index (χ0) is 15.1. The van der Waals surface area contributed by atoms with Crippen molar-refractivity contribution in [2.75, 3.05) is 6.54 Å². The number of carbonyl (C=O) groups is 2. The molecule has 0 unspecified atom stereocenters. The van der Waals surface area contributed by atoms with Gasteiger partial charge in [-0.3, -0.25) is 14.6 Å². The molecule has 1 aromatic heterocycles. The highest BCUT2D eigenvalue weighted by Crippen LogP contribution is 2.15. The van der Waals surface area contributed by atoms with Gasteiger partial charge < -0.3 is 10.4 Å². The van der Waals surface area contributed by atoms with Gasteiger partial charge in [0.2, 0.25) is 0 Å². The molecule has 20 heavy (non-hydrogen) atoms. The second-order valence-corrected chi connectivity index (χ2v) is 5.44. The lowest BCUT2D eigenvalue weighted by Crippen LogP contribution is -2.31. The van der Waals surface area contributed by atoms with Crippen LogP contribution < -0.4 is 5.32 Å². The number of nitrogens with one attached hydrogen (secondary N) is 1. The summed E-state index contributed by atoms with van der Waals surface area (Å²) in [5.41, 5.74) is 1.20. The molecule has 0 aliphatic heterocycles. The number of aliphatic carboxylic acids is 1. The lowest BCUT2D eigenvalue weighted by molar-refractivity contribution is -0.138. The van der Waals surface area contributed by atoms with Crippen LogP contribution in [0.1, 0.15) is 42.7 Å². The van der Waals surface area contributed by atoms with Crippen LogP contribution in [0.2, 0.25) is 0 Å². The number of carboxylic acids is 1. The van der Waals surface area contributed by atoms with E-state index in [1.54, 1.807) is 25.3 Å². The summed E-state index contributed by atoms with van der Waals surface area (Å²) in [6, 6.07) is 3.43. The highest BCUT2D eigenvalue weighted by molar-refractivity contribution is 5.95. The van der Waals surface area contributed by atoms with Gasteiger partial charge in [0, 0.05) is 24.9 Å². The third-order valence-corrected chi connectivity index (χ3v) is 3.07. The average Bonchev–Trinajstić information content (AvgIpc) is 2.34. The van der Waals surface area contributed by atoms with Gasteiger partial charge in [-0.05, 0) is 37.3 Å². The van der Waals surface area contributed by atoms with Gasteiger partial charge in [-0.2, -0.15) is 0 Å². The maximum Gasteiger partial charge on any atom is 0.303 e. The normalized spacial score (nSPS) is 12.2. The van der Waals surface area contributed by atoms with Gasteiger partial charge in [0.15, 0.2) is 0 Å². The van der Waals surface area contributed by atoms with E-state index in [0.29, 0.717) is 23.7 Å². The maximum atomic E-state index is 12.0. The van der Waals surface area contributed by atoms with Crippen LogP contribution >= 0.6 is 0 Å². The lowest BCUT2D eigenvalue weighted by Gasteiger charge is -2.18. The monoisotopic (exact) mass is 278 g/mol. The summed E-state index contributed by atoms with van der Waals surface area (Å²) < 4.78 is 0. The zero-order valence-electron chi connectivity index (χ0n) is 12.2. The molecule has 0 saturated carbocycles. The Bertz CT molecular complexity index is 472. The fraction of sp³-hybridized carbons (Fsp3) is 0.533. The number of pyridine rings is 1. The van der Waals surface area contributed by atoms with Crippen molar-refractivity contribution in [1.29, 1.82) is 0 Å². The molecule has 0 bridgehead atoms. The molecule has 1 aromatic rings. The number of rotatable bonds is 7. The van der Waals surface area contributed by atoms with Crippen molar-refractivity contribution in [2.24, 2.45) is 11.8 Å². The SMILES string of the molecule is Cc1ncccc1C(=O)NC[C@H](CC(=O)O)CC(C)C. The van der Waals surface area contributed by atoms with Crippen LogP contribution in [0.15, 0.2) is 18.3 Å². The minimum Gasteiger partial charge on any atom is -0.481 e. The van der Waals surface area contributed by atoms with Crippen molar-refractivity contribution in [3.8, 4) is 0 Å². The molecule has 110 valence electrons. The molecule has 0 fully saturated rings. The Morgan fingerprint density at radius 2 is 2.10 bits per heavy atom. The van der Waals surface area contributed by atoms with Gasteiger partial charge in [-0.15, -0.1) is 0 Å². The molecule has 5 nitrogen and oxygen atoms in total. The first-order valence-electron chi connectivity index (χ1n) is 6.81. The molecule has 0 saturated heterocycles. The van der Waals surface area contributed by atoms with E-state index < -0.39 is 5.97 Å². The Labute approximate surface area is 119 Å². The third-order valence-electron chi connectivity index (χ3n) is 3.07. The maximum absolute atomic E-state index is 12.0. The Balaban J connectivity index is 2.60. The van der Waals surface area contributed by atoms with Crippen molar-refractivity contribution in [3.63, 3.8) is 0 Å². The number of hydrogen-bond donors (Lipinski definition) is 2. The van der Waals surface area contributed by atoms with E-state index >= 15 is 0 Å². The molecule has 1 rings (SSSR count). The quantitative estimate of drug-likeness (QED) is 0.801. The fourth-order valence-electron chi connectivity index (χ4n) is 2.21. The molecule has 1 amide bonds. The molecule has 0 spiro atoms. The van der Waals surface area contributed by atoms with Crippen LogP contribution in [0, 0.1) is 18.8 Å². The van der Waals surface area contributed by atoms with Gasteiger partial charge in [0.1, 0.15) is 0 Å². The first-order chi connectivity index (χ1) is 9.40. The Morgan fingerprint density at radius 1 is 1.40 bits per heavy atom. The van der Waals surface area contributed by atoms with Crippen LogP contribution in [-0.4, -0.2) is 28.5 Å². The third kappa shape index (κ3) is 5.38.